The first kappa shape index (κ1) is 27.7. The summed E-state index contributed by atoms with van der Waals surface area (Å²) in [4.78, 5) is 21.1. The van der Waals surface area contributed by atoms with Crippen molar-refractivity contribution in [3.8, 4) is 5.69 Å². The Kier molecular flexibility index (Phi) is 9.34. The number of hydrogen-bond donors (Lipinski definition) is 0. The summed E-state index contributed by atoms with van der Waals surface area (Å²) in [5, 5.41) is 1.09. The molecule has 0 amide bonds. The maximum absolute atomic E-state index is 14.0. The fourth-order valence-electron chi connectivity index (χ4n) is 4.57. The van der Waals surface area contributed by atoms with Gasteiger partial charge >= 0.3 is 0 Å². The van der Waals surface area contributed by atoms with Crippen LogP contribution >= 0.6 is 23.4 Å². The molecule has 2 heterocycles. The molecule has 0 radical (unpaired) electrons. The van der Waals surface area contributed by atoms with E-state index in [4.69, 9.17) is 16.6 Å². The third-order valence-electron chi connectivity index (χ3n) is 6.53. The molecule has 37 heavy (non-hydrogen) atoms. The number of nitrogens with zero attached hydrogens (tertiary/aromatic N) is 4. The van der Waals surface area contributed by atoms with Crippen LogP contribution < -0.4 is 10.5 Å². The number of thioether (sulfide) groups is 1. The molecule has 0 bridgehead atoms. The highest BCUT2D eigenvalue weighted by molar-refractivity contribution is 7.98. The van der Waals surface area contributed by atoms with Crippen LogP contribution in [0.4, 0.5) is 5.82 Å². The van der Waals surface area contributed by atoms with E-state index in [-0.39, 0.29) is 17.1 Å². The molecular weight excluding hydrogens is 528 g/mol. The van der Waals surface area contributed by atoms with Crippen LogP contribution in [0.1, 0.15) is 44.6 Å². The van der Waals surface area contributed by atoms with Crippen molar-refractivity contribution in [3.05, 3.63) is 75.5 Å². The van der Waals surface area contributed by atoms with E-state index in [1.54, 1.807) is 47.0 Å². The minimum absolute atomic E-state index is 0.128. The molecule has 0 atom stereocenters. The molecule has 4 rings (SSSR count). The largest absolute Gasteiger partial charge is 0.341 e. The van der Waals surface area contributed by atoms with Gasteiger partial charge in [0, 0.05) is 18.1 Å². The van der Waals surface area contributed by atoms with Crippen molar-refractivity contribution in [1.29, 1.82) is 0 Å². The number of halogens is 1. The summed E-state index contributed by atoms with van der Waals surface area (Å²) >= 11 is 7.63. The van der Waals surface area contributed by atoms with E-state index in [0.717, 1.165) is 25.7 Å². The third-order valence-corrected chi connectivity index (χ3v) is 9.25. The highest BCUT2D eigenvalue weighted by atomic mass is 35.5. The van der Waals surface area contributed by atoms with E-state index in [1.807, 2.05) is 23.3 Å². The Bertz CT molecular complexity index is 1380. The van der Waals surface area contributed by atoms with Gasteiger partial charge in [-0.25, -0.2) is 13.4 Å². The zero-order valence-electron chi connectivity index (χ0n) is 21.3. The lowest BCUT2D eigenvalue weighted by Crippen LogP contribution is -2.34. The number of rotatable bonds is 11. The number of unbranched alkanes of at least 4 members (excludes halogenated alkanes) is 4. The maximum atomic E-state index is 14.0. The summed E-state index contributed by atoms with van der Waals surface area (Å²) in [5.41, 5.74) is 1.16. The van der Waals surface area contributed by atoms with Crippen molar-refractivity contribution in [3.63, 3.8) is 0 Å². The molecule has 0 spiro atoms. The molecule has 2 aromatic carbocycles. The quantitative estimate of drug-likeness (QED) is 0.173. The molecule has 0 unspecified atom stereocenters. The highest BCUT2D eigenvalue weighted by Crippen LogP contribution is 2.28. The van der Waals surface area contributed by atoms with Gasteiger partial charge in [-0.15, -0.1) is 0 Å². The Morgan fingerprint density at radius 3 is 2.46 bits per heavy atom. The first-order chi connectivity index (χ1) is 17.9. The molecular formula is C27H33ClN4O3S2. The van der Waals surface area contributed by atoms with E-state index < -0.39 is 10.0 Å². The minimum atomic E-state index is -3.64. The van der Waals surface area contributed by atoms with Crippen molar-refractivity contribution >= 4 is 39.2 Å². The SMILES string of the molecule is CCCCCCCc1c(N2CCN(S(=O)(=O)c3ccccc3)C2)nc(SC)n(-c2cccc(Cl)c2)c1=O. The van der Waals surface area contributed by atoms with Gasteiger partial charge in [-0.1, -0.05) is 80.2 Å². The van der Waals surface area contributed by atoms with Gasteiger partial charge in [-0.3, -0.25) is 9.36 Å². The summed E-state index contributed by atoms with van der Waals surface area (Å²) in [5.74, 6) is 0.578. The highest BCUT2D eigenvalue weighted by Gasteiger charge is 2.33. The molecule has 0 N–H and O–H groups in total. The normalized spacial score (nSPS) is 14.4. The number of anilines is 1. The molecule has 10 heteroatoms. The number of benzene rings is 2. The van der Waals surface area contributed by atoms with Gasteiger partial charge in [0.05, 0.1) is 22.8 Å². The molecule has 0 saturated carbocycles. The van der Waals surface area contributed by atoms with Gasteiger partial charge in [-0.2, -0.15) is 4.31 Å². The van der Waals surface area contributed by atoms with Crippen molar-refractivity contribution in [2.45, 2.75) is 55.5 Å². The predicted octanol–water partition coefficient (Wildman–Crippen LogP) is 5.59. The number of sulfonamides is 1. The van der Waals surface area contributed by atoms with Crippen LogP contribution in [0.25, 0.3) is 5.69 Å². The Labute approximate surface area is 228 Å². The predicted molar refractivity (Wildman–Crippen MR) is 152 cm³/mol. The first-order valence-electron chi connectivity index (χ1n) is 12.6. The minimum Gasteiger partial charge on any atom is -0.341 e. The van der Waals surface area contributed by atoms with Gasteiger partial charge in [0.15, 0.2) is 5.16 Å². The van der Waals surface area contributed by atoms with E-state index in [0.29, 0.717) is 46.8 Å². The van der Waals surface area contributed by atoms with Gasteiger partial charge in [0.25, 0.3) is 5.56 Å². The van der Waals surface area contributed by atoms with Gasteiger partial charge in [-0.05, 0) is 49.4 Å². The van der Waals surface area contributed by atoms with Crippen LogP contribution in [0.3, 0.4) is 0 Å². The lowest BCUT2D eigenvalue weighted by molar-refractivity contribution is 0.478. The number of aromatic nitrogens is 2. The van der Waals surface area contributed by atoms with E-state index >= 15 is 0 Å². The van der Waals surface area contributed by atoms with Gasteiger partial charge < -0.3 is 4.90 Å². The third kappa shape index (κ3) is 6.22. The summed E-state index contributed by atoms with van der Waals surface area (Å²) < 4.78 is 29.5. The van der Waals surface area contributed by atoms with Crippen LogP contribution in [-0.2, 0) is 16.4 Å². The van der Waals surface area contributed by atoms with E-state index in [9.17, 15) is 13.2 Å². The van der Waals surface area contributed by atoms with Crippen molar-refractivity contribution in [2.75, 3.05) is 30.9 Å². The average Bonchev–Trinajstić information content (AvgIpc) is 3.40. The van der Waals surface area contributed by atoms with Gasteiger partial charge in [0.2, 0.25) is 10.0 Å². The Hall–Kier alpha value is -2.33. The Balaban J connectivity index is 1.71. The lowest BCUT2D eigenvalue weighted by atomic mass is 10.1. The second kappa shape index (κ2) is 12.5. The van der Waals surface area contributed by atoms with Crippen LogP contribution in [-0.4, -0.2) is 48.3 Å². The molecule has 1 aliphatic heterocycles. The van der Waals surface area contributed by atoms with Crippen molar-refractivity contribution < 1.29 is 8.42 Å². The lowest BCUT2D eigenvalue weighted by Gasteiger charge is -2.23. The molecule has 1 saturated heterocycles. The molecule has 0 aliphatic carbocycles. The summed E-state index contributed by atoms with van der Waals surface area (Å²) in [6.45, 7) is 3.13. The second-order valence-corrected chi connectivity index (χ2v) is 12.2. The fraction of sp³-hybridized carbons (Fsp3) is 0.407. The van der Waals surface area contributed by atoms with Crippen LogP contribution in [0, 0.1) is 0 Å². The molecule has 7 nitrogen and oxygen atoms in total. The summed E-state index contributed by atoms with van der Waals surface area (Å²) in [7, 11) is -3.64. The van der Waals surface area contributed by atoms with Crippen molar-refractivity contribution in [2.24, 2.45) is 0 Å². The van der Waals surface area contributed by atoms with Gasteiger partial charge in [0.1, 0.15) is 5.82 Å². The molecule has 3 aromatic rings. The maximum Gasteiger partial charge on any atom is 0.264 e. The molecule has 1 aliphatic rings. The molecule has 198 valence electrons. The van der Waals surface area contributed by atoms with Crippen LogP contribution in [0.5, 0.6) is 0 Å². The Morgan fingerprint density at radius 2 is 1.76 bits per heavy atom. The van der Waals surface area contributed by atoms with Crippen molar-refractivity contribution in [1.82, 2.24) is 13.9 Å². The van der Waals surface area contributed by atoms with E-state index in [1.165, 1.54) is 22.5 Å². The smallest absolute Gasteiger partial charge is 0.264 e. The summed E-state index contributed by atoms with van der Waals surface area (Å²) in [6, 6.07) is 15.7. The van der Waals surface area contributed by atoms with Crippen LogP contribution in [0.15, 0.2) is 69.4 Å². The standard InChI is InChI=1S/C27H33ClN4O3S2/c1-3-4-5-6-10-16-24-25(29-27(36-2)32(26(24)33)22-13-11-12-21(28)19-22)30-17-18-31(20-30)37(34,35)23-14-8-7-9-15-23/h7-9,11-15,19H,3-6,10,16-18,20H2,1-2H3. The zero-order chi connectivity index (χ0) is 26.4. The molecule has 1 fully saturated rings. The average molecular weight is 561 g/mol. The Morgan fingerprint density at radius 1 is 1.00 bits per heavy atom. The first-order valence-corrected chi connectivity index (χ1v) is 15.7. The topological polar surface area (TPSA) is 75.5 Å². The molecule has 1 aromatic heterocycles. The monoisotopic (exact) mass is 560 g/mol. The van der Waals surface area contributed by atoms with E-state index in [2.05, 4.69) is 6.92 Å². The number of hydrogen-bond acceptors (Lipinski definition) is 6. The summed E-state index contributed by atoms with van der Waals surface area (Å²) in [6.07, 6.45) is 7.81. The fourth-order valence-corrected chi connectivity index (χ4v) is 6.71. The zero-order valence-corrected chi connectivity index (χ0v) is 23.7. The second-order valence-electron chi connectivity index (χ2n) is 9.08. The van der Waals surface area contributed by atoms with Crippen LogP contribution in [0.2, 0.25) is 5.02 Å².